The molecule has 11 heavy (non-hydrogen) atoms. The summed E-state index contributed by atoms with van der Waals surface area (Å²) >= 11 is 0. The molecular weight excluding hydrogens is 140 g/mol. The van der Waals surface area contributed by atoms with Crippen LogP contribution in [0.2, 0.25) is 0 Å². The van der Waals surface area contributed by atoms with Crippen LogP contribution in [0.4, 0.5) is 5.95 Å². The van der Waals surface area contributed by atoms with Gasteiger partial charge in [-0.2, -0.15) is 0 Å². The van der Waals surface area contributed by atoms with E-state index in [1.165, 1.54) is 0 Å². The van der Waals surface area contributed by atoms with Crippen LogP contribution in [0, 0.1) is 5.41 Å². The normalized spacial score (nSPS) is 11.5. The number of H-pyrrole nitrogens is 1. The van der Waals surface area contributed by atoms with Gasteiger partial charge in [-0.3, -0.25) is 0 Å². The largest absolute Gasteiger partial charge is 0.354 e. The summed E-state index contributed by atoms with van der Waals surface area (Å²) in [4.78, 5) is 2.88. The summed E-state index contributed by atoms with van der Waals surface area (Å²) in [5.41, 5.74) is 0.271. The molecule has 0 atom stereocenters. The second kappa shape index (κ2) is 2.90. The SMILES string of the molecule is CC(C)(C)CNc1nnc[nH]1. The average molecular weight is 154 g/mol. The molecule has 4 heteroatoms. The highest BCUT2D eigenvalue weighted by Gasteiger charge is 2.09. The Bertz CT molecular complexity index is 197. The molecular formula is C7H14N4. The third-order valence-electron chi connectivity index (χ3n) is 1.20. The van der Waals surface area contributed by atoms with Crippen molar-refractivity contribution in [1.82, 2.24) is 15.2 Å². The lowest BCUT2D eigenvalue weighted by molar-refractivity contribution is 0.442. The molecule has 0 aromatic carbocycles. The third-order valence-corrected chi connectivity index (χ3v) is 1.20. The molecule has 1 rings (SSSR count). The van der Waals surface area contributed by atoms with Crippen LogP contribution in [-0.4, -0.2) is 21.7 Å². The van der Waals surface area contributed by atoms with Crippen molar-refractivity contribution >= 4 is 5.95 Å². The molecule has 4 nitrogen and oxygen atoms in total. The van der Waals surface area contributed by atoms with Crippen molar-refractivity contribution in [2.24, 2.45) is 5.41 Å². The Balaban J connectivity index is 2.35. The van der Waals surface area contributed by atoms with E-state index in [4.69, 9.17) is 0 Å². The zero-order valence-corrected chi connectivity index (χ0v) is 7.18. The summed E-state index contributed by atoms with van der Waals surface area (Å²) in [5.74, 6) is 0.736. The summed E-state index contributed by atoms with van der Waals surface area (Å²) in [6, 6.07) is 0. The number of anilines is 1. The lowest BCUT2D eigenvalue weighted by Gasteiger charge is -2.17. The molecule has 0 aliphatic carbocycles. The maximum Gasteiger partial charge on any atom is 0.221 e. The first-order chi connectivity index (χ1) is 5.08. The number of hydrogen-bond acceptors (Lipinski definition) is 3. The lowest BCUT2D eigenvalue weighted by atomic mass is 9.97. The van der Waals surface area contributed by atoms with Gasteiger partial charge in [-0.1, -0.05) is 20.8 Å². The van der Waals surface area contributed by atoms with Crippen molar-refractivity contribution < 1.29 is 0 Å². The van der Waals surface area contributed by atoms with Gasteiger partial charge in [-0.25, -0.2) is 0 Å². The van der Waals surface area contributed by atoms with E-state index in [1.807, 2.05) is 0 Å². The van der Waals surface area contributed by atoms with Crippen LogP contribution in [0.25, 0.3) is 0 Å². The van der Waals surface area contributed by atoms with E-state index in [9.17, 15) is 0 Å². The second-order valence-electron chi connectivity index (χ2n) is 3.75. The monoisotopic (exact) mass is 154 g/mol. The number of aromatic nitrogens is 3. The summed E-state index contributed by atoms with van der Waals surface area (Å²) in [6.45, 7) is 7.38. The third kappa shape index (κ3) is 3.02. The number of hydrogen-bond donors (Lipinski definition) is 2. The zero-order valence-electron chi connectivity index (χ0n) is 7.18. The maximum absolute atomic E-state index is 3.80. The van der Waals surface area contributed by atoms with Gasteiger partial charge in [0, 0.05) is 6.54 Å². The minimum Gasteiger partial charge on any atom is -0.354 e. The van der Waals surface area contributed by atoms with Crippen LogP contribution >= 0.6 is 0 Å². The smallest absolute Gasteiger partial charge is 0.221 e. The summed E-state index contributed by atoms with van der Waals surface area (Å²) in [5, 5.41) is 10.6. The molecule has 0 saturated heterocycles. The van der Waals surface area contributed by atoms with Crippen molar-refractivity contribution in [1.29, 1.82) is 0 Å². The predicted octanol–water partition coefficient (Wildman–Crippen LogP) is 1.26. The number of aromatic amines is 1. The highest BCUT2D eigenvalue weighted by Crippen LogP contribution is 2.12. The van der Waals surface area contributed by atoms with Gasteiger partial charge >= 0.3 is 0 Å². The van der Waals surface area contributed by atoms with E-state index in [1.54, 1.807) is 6.33 Å². The van der Waals surface area contributed by atoms with Crippen LogP contribution in [0.1, 0.15) is 20.8 Å². The molecule has 0 aliphatic heterocycles. The van der Waals surface area contributed by atoms with Crippen LogP contribution in [-0.2, 0) is 0 Å². The minimum absolute atomic E-state index is 0.271. The molecule has 0 spiro atoms. The van der Waals surface area contributed by atoms with Gasteiger partial charge in [0.2, 0.25) is 5.95 Å². The van der Waals surface area contributed by atoms with Gasteiger partial charge in [0.25, 0.3) is 0 Å². The summed E-state index contributed by atoms with van der Waals surface area (Å²) in [7, 11) is 0. The van der Waals surface area contributed by atoms with Gasteiger partial charge in [0.05, 0.1) is 0 Å². The number of nitrogens with one attached hydrogen (secondary N) is 2. The van der Waals surface area contributed by atoms with Gasteiger partial charge in [-0.15, -0.1) is 10.2 Å². The zero-order chi connectivity index (χ0) is 8.32. The van der Waals surface area contributed by atoms with E-state index < -0.39 is 0 Å². The van der Waals surface area contributed by atoms with Crippen LogP contribution in [0.3, 0.4) is 0 Å². The highest BCUT2D eigenvalue weighted by molar-refractivity contribution is 5.20. The Morgan fingerprint density at radius 1 is 1.55 bits per heavy atom. The summed E-state index contributed by atoms with van der Waals surface area (Å²) < 4.78 is 0. The van der Waals surface area contributed by atoms with Crippen LogP contribution < -0.4 is 5.32 Å². The molecule has 0 bridgehead atoms. The molecule has 0 fully saturated rings. The fourth-order valence-corrected chi connectivity index (χ4v) is 0.641. The molecule has 2 N–H and O–H groups in total. The first-order valence-electron chi connectivity index (χ1n) is 3.68. The van der Waals surface area contributed by atoms with Crippen molar-refractivity contribution in [2.75, 3.05) is 11.9 Å². The van der Waals surface area contributed by atoms with E-state index in [2.05, 4.69) is 41.3 Å². The quantitative estimate of drug-likeness (QED) is 0.674. The second-order valence-corrected chi connectivity index (χ2v) is 3.75. The molecule has 1 heterocycles. The standard InChI is InChI=1S/C7H14N4/c1-7(2,3)4-8-6-9-5-10-11-6/h5H,4H2,1-3H3,(H2,8,9,10,11). The highest BCUT2D eigenvalue weighted by atomic mass is 15.3. The first kappa shape index (κ1) is 8.04. The molecule has 1 aromatic heterocycles. The molecule has 0 amide bonds. The molecule has 0 unspecified atom stereocenters. The minimum atomic E-state index is 0.271. The Hall–Kier alpha value is -1.06. The fraction of sp³-hybridized carbons (Fsp3) is 0.714. The van der Waals surface area contributed by atoms with E-state index in [0.29, 0.717) is 0 Å². The van der Waals surface area contributed by atoms with Crippen LogP contribution in [0.15, 0.2) is 6.33 Å². The number of nitrogens with zero attached hydrogens (tertiary/aromatic N) is 2. The summed E-state index contributed by atoms with van der Waals surface area (Å²) in [6.07, 6.45) is 1.56. The van der Waals surface area contributed by atoms with Crippen molar-refractivity contribution in [2.45, 2.75) is 20.8 Å². The van der Waals surface area contributed by atoms with Gasteiger partial charge in [0.1, 0.15) is 6.33 Å². The molecule has 0 saturated carbocycles. The Kier molecular flexibility index (Phi) is 2.12. The fourth-order valence-electron chi connectivity index (χ4n) is 0.641. The van der Waals surface area contributed by atoms with Crippen molar-refractivity contribution in [3.63, 3.8) is 0 Å². The Labute approximate surface area is 66.4 Å². The average Bonchev–Trinajstić information content (AvgIpc) is 2.32. The van der Waals surface area contributed by atoms with Crippen molar-refractivity contribution in [3.8, 4) is 0 Å². The molecule has 1 aromatic rings. The predicted molar refractivity (Wildman–Crippen MR) is 44.3 cm³/mol. The number of rotatable bonds is 2. The molecule has 62 valence electrons. The topological polar surface area (TPSA) is 53.6 Å². The lowest BCUT2D eigenvalue weighted by Crippen LogP contribution is -2.19. The van der Waals surface area contributed by atoms with E-state index >= 15 is 0 Å². The maximum atomic E-state index is 3.80. The van der Waals surface area contributed by atoms with Crippen LogP contribution in [0.5, 0.6) is 0 Å². The van der Waals surface area contributed by atoms with Crippen molar-refractivity contribution in [3.05, 3.63) is 6.33 Å². The van der Waals surface area contributed by atoms with E-state index in [0.717, 1.165) is 12.5 Å². The van der Waals surface area contributed by atoms with E-state index in [-0.39, 0.29) is 5.41 Å². The van der Waals surface area contributed by atoms with Gasteiger partial charge < -0.3 is 10.3 Å². The Morgan fingerprint density at radius 3 is 2.73 bits per heavy atom. The first-order valence-corrected chi connectivity index (χ1v) is 3.68. The van der Waals surface area contributed by atoms with Gasteiger partial charge in [0.15, 0.2) is 0 Å². The Morgan fingerprint density at radius 2 is 2.27 bits per heavy atom. The molecule has 0 radical (unpaired) electrons. The van der Waals surface area contributed by atoms with Gasteiger partial charge in [-0.05, 0) is 5.41 Å². The molecule has 0 aliphatic rings.